The van der Waals surface area contributed by atoms with Crippen molar-refractivity contribution in [2.75, 3.05) is 90.8 Å². The standard InChI is InChI=1S/C17H31N5O4S.C8H18N2O2.C4H9NO2.CH2O2/c1-2-19-11-14(23)21-8-9-22-16(25)10-13(17(22)26)27-12-15(24)20-7-5-3-4-6-18;1-3-9-5-6-10(4-2)7-8(11)12;1-2-5-3-4(6)7;2-1-3/h13,19H,2-12,18H2,1H3,(H,20,24)(H,21,23);9H,3-7H2,1-2H3,(H,11,12);5H,2-3H2,1H3,(H,6,7);1H,(H,2,3). The van der Waals surface area contributed by atoms with Gasteiger partial charge >= 0.3 is 11.9 Å². The van der Waals surface area contributed by atoms with Crippen LogP contribution in [0.1, 0.15) is 53.4 Å². The molecule has 1 saturated heterocycles. The Morgan fingerprint density at radius 1 is 0.878 bits per heavy atom. The number of amides is 4. The van der Waals surface area contributed by atoms with Crippen LogP contribution in [0.5, 0.6) is 0 Å². The molecule has 1 rings (SSSR count). The molecule has 1 heterocycles. The number of imide groups is 1. The van der Waals surface area contributed by atoms with Gasteiger partial charge in [0.2, 0.25) is 23.6 Å². The first-order valence-corrected chi connectivity index (χ1v) is 17.5. The molecule has 1 unspecified atom stereocenters. The predicted octanol–water partition coefficient (Wildman–Crippen LogP) is -1.80. The molecule has 0 aromatic carbocycles. The fourth-order valence-corrected chi connectivity index (χ4v) is 4.70. The van der Waals surface area contributed by atoms with Gasteiger partial charge in [0.05, 0.1) is 30.6 Å². The number of hydrogen-bond acceptors (Lipinski definition) is 13. The summed E-state index contributed by atoms with van der Waals surface area (Å²) in [4.78, 5) is 79.1. The number of carboxylic acid groups (broad SMARTS) is 3. The van der Waals surface area contributed by atoms with Crippen LogP contribution in [0, 0.1) is 0 Å². The zero-order chi connectivity index (χ0) is 37.9. The van der Waals surface area contributed by atoms with Crippen molar-refractivity contribution in [3.8, 4) is 0 Å². The highest BCUT2D eigenvalue weighted by Crippen LogP contribution is 2.24. The van der Waals surface area contributed by atoms with Gasteiger partial charge in [-0.05, 0) is 45.6 Å². The number of thioether (sulfide) groups is 1. The predicted molar refractivity (Wildman–Crippen MR) is 188 cm³/mol. The van der Waals surface area contributed by atoms with Gasteiger partial charge in [-0.3, -0.25) is 43.4 Å². The number of rotatable bonds is 24. The van der Waals surface area contributed by atoms with E-state index in [-0.39, 0.29) is 75.0 Å². The molecule has 0 aromatic heterocycles. The van der Waals surface area contributed by atoms with E-state index in [2.05, 4.69) is 26.6 Å². The van der Waals surface area contributed by atoms with Crippen molar-refractivity contribution >= 4 is 53.8 Å². The Balaban J connectivity index is -0.000000787. The molecule has 1 aliphatic rings. The van der Waals surface area contributed by atoms with E-state index in [4.69, 9.17) is 25.8 Å². The van der Waals surface area contributed by atoms with E-state index >= 15 is 0 Å². The number of carboxylic acids is 2. The van der Waals surface area contributed by atoms with Gasteiger partial charge in [-0.1, -0.05) is 34.1 Å². The Kier molecular flexibility index (Phi) is 36.7. The lowest BCUT2D eigenvalue weighted by Gasteiger charge is -2.17. The molecule has 286 valence electrons. The summed E-state index contributed by atoms with van der Waals surface area (Å²) in [6.45, 7) is 14.3. The molecule has 18 nitrogen and oxygen atoms in total. The molecule has 4 amide bonds. The Morgan fingerprint density at radius 2 is 1.47 bits per heavy atom. The number of likely N-dealkylation sites (tertiary alicyclic amines) is 1. The third kappa shape index (κ3) is 32.9. The van der Waals surface area contributed by atoms with E-state index in [0.717, 1.165) is 50.3 Å². The zero-order valence-electron chi connectivity index (χ0n) is 29.5. The van der Waals surface area contributed by atoms with Crippen molar-refractivity contribution in [3.05, 3.63) is 0 Å². The fourth-order valence-electron chi connectivity index (χ4n) is 3.71. The highest BCUT2D eigenvalue weighted by atomic mass is 32.2. The van der Waals surface area contributed by atoms with E-state index in [1.165, 1.54) is 11.8 Å². The average molecular weight is 725 g/mol. The minimum absolute atomic E-state index is 0.0660. The lowest BCUT2D eigenvalue weighted by atomic mass is 10.2. The molecule has 0 radical (unpaired) electrons. The lowest BCUT2D eigenvalue weighted by molar-refractivity contribution is -0.139. The number of nitrogens with zero attached hydrogens (tertiary/aromatic N) is 2. The van der Waals surface area contributed by atoms with Crippen LogP contribution in [0.25, 0.3) is 0 Å². The summed E-state index contributed by atoms with van der Waals surface area (Å²) >= 11 is 1.19. The van der Waals surface area contributed by atoms with Gasteiger partial charge in [0.1, 0.15) is 0 Å². The number of carbonyl (C=O) groups is 7. The first kappa shape index (κ1) is 50.0. The van der Waals surface area contributed by atoms with Crippen LogP contribution in [-0.2, 0) is 33.6 Å². The van der Waals surface area contributed by atoms with E-state index in [1.807, 2.05) is 32.6 Å². The molecule has 0 spiro atoms. The van der Waals surface area contributed by atoms with Gasteiger partial charge in [-0.2, -0.15) is 0 Å². The summed E-state index contributed by atoms with van der Waals surface area (Å²) in [5.74, 6) is -2.28. The number of hydrogen-bond donors (Lipinski definition) is 9. The minimum atomic E-state index is -0.804. The Bertz CT molecular complexity index is 933. The van der Waals surface area contributed by atoms with Crippen molar-refractivity contribution in [3.63, 3.8) is 0 Å². The van der Waals surface area contributed by atoms with Crippen LogP contribution in [0.4, 0.5) is 0 Å². The van der Waals surface area contributed by atoms with Gasteiger partial charge in [-0.25, -0.2) is 0 Å². The smallest absolute Gasteiger partial charge is 0.317 e. The maximum absolute atomic E-state index is 12.3. The van der Waals surface area contributed by atoms with E-state index in [9.17, 15) is 28.8 Å². The Labute approximate surface area is 294 Å². The van der Waals surface area contributed by atoms with Gasteiger partial charge < -0.3 is 47.6 Å². The largest absolute Gasteiger partial charge is 0.483 e. The number of aliphatic carboxylic acids is 2. The molecule has 1 aliphatic heterocycles. The van der Waals surface area contributed by atoms with Crippen LogP contribution < -0.4 is 32.3 Å². The lowest BCUT2D eigenvalue weighted by Crippen LogP contribution is -2.41. The zero-order valence-corrected chi connectivity index (χ0v) is 30.3. The second-order valence-corrected chi connectivity index (χ2v) is 11.3. The van der Waals surface area contributed by atoms with Gasteiger partial charge in [-0.15, -0.1) is 11.8 Å². The normalized spacial score (nSPS) is 13.3. The molecular formula is C30H60N8O10S. The summed E-state index contributed by atoms with van der Waals surface area (Å²) in [6, 6.07) is 0. The molecule has 49 heavy (non-hydrogen) atoms. The van der Waals surface area contributed by atoms with E-state index in [1.54, 1.807) is 0 Å². The third-order valence-electron chi connectivity index (χ3n) is 6.20. The highest BCUT2D eigenvalue weighted by Gasteiger charge is 2.38. The first-order valence-electron chi connectivity index (χ1n) is 16.4. The summed E-state index contributed by atoms with van der Waals surface area (Å²) in [5.41, 5.74) is 5.41. The fraction of sp³-hybridized carbons (Fsp3) is 0.767. The SMILES string of the molecule is CCNCC(=O)NCCN1C(=O)CC(SCC(=O)NCCCCCN)C1=O.CCNCC(=O)O.CCNCCN(CC)CC(=O)O.O=CO. The monoisotopic (exact) mass is 724 g/mol. The van der Waals surface area contributed by atoms with Crippen molar-refractivity contribution in [2.45, 2.75) is 58.6 Å². The maximum Gasteiger partial charge on any atom is 0.317 e. The number of carbonyl (C=O) groups excluding carboxylic acids is 4. The Morgan fingerprint density at radius 3 is 1.98 bits per heavy atom. The number of nitrogens with two attached hydrogens (primary N) is 1. The molecule has 0 aromatic rings. The van der Waals surface area contributed by atoms with Crippen LogP contribution in [0.15, 0.2) is 0 Å². The minimum Gasteiger partial charge on any atom is -0.483 e. The summed E-state index contributed by atoms with van der Waals surface area (Å²) in [7, 11) is 0. The molecule has 0 bridgehead atoms. The van der Waals surface area contributed by atoms with E-state index < -0.39 is 17.2 Å². The first-order chi connectivity index (χ1) is 23.4. The second kappa shape index (κ2) is 35.9. The van der Waals surface area contributed by atoms with Crippen molar-refractivity contribution < 1.29 is 48.9 Å². The molecule has 0 aliphatic carbocycles. The van der Waals surface area contributed by atoms with Gasteiger partial charge in [0.15, 0.2) is 0 Å². The molecule has 0 saturated carbocycles. The van der Waals surface area contributed by atoms with Gasteiger partial charge in [0.25, 0.3) is 6.47 Å². The van der Waals surface area contributed by atoms with Crippen molar-refractivity contribution in [2.24, 2.45) is 5.73 Å². The Hall–Kier alpha value is -3.36. The summed E-state index contributed by atoms with van der Waals surface area (Å²) in [5, 5.41) is 37.0. The molecule has 1 fully saturated rings. The van der Waals surface area contributed by atoms with E-state index in [0.29, 0.717) is 26.2 Å². The topological polar surface area (TPSA) is 273 Å². The van der Waals surface area contributed by atoms with Crippen molar-refractivity contribution in [1.29, 1.82) is 0 Å². The maximum atomic E-state index is 12.3. The molecule has 19 heteroatoms. The quantitative estimate of drug-likeness (QED) is 0.0302. The van der Waals surface area contributed by atoms with Crippen molar-refractivity contribution in [1.82, 2.24) is 36.4 Å². The van der Waals surface area contributed by atoms with Crippen LogP contribution in [-0.4, -0.2) is 163 Å². The third-order valence-corrected chi connectivity index (χ3v) is 7.40. The molecular weight excluding hydrogens is 664 g/mol. The van der Waals surface area contributed by atoms with Crippen LogP contribution >= 0.6 is 11.8 Å². The molecule has 10 N–H and O–H groups in total. The summed E-state index contributed by atoms with van der Waals surface area (Å²) in [6.07, 6.45) is 2.88. The number of unbranched alkanes of at least 4 members (excludes halogenated alkanes) is 2. The number of nitrogens with one attached hydrogen (secondary N) is 5. The molecule has 1 atom stereocenters. The number of likely N-dealkylation sites (N-methyl/N-ethyl adjacent to an activating group) is 4. The average Bonchev–Trinajstić information content (AvgIpc) is 3.33. The highest BCUT2D eigenvalue weighted by molar-refractivity contribution is 8.01. The van der Waals surface area contributed by atoms with Crippen LogP contribution in [0.3, 0.4) is 0 Å². The van der Waals surface area contributed by atoms with Crippen LogP contribution in [0.2, 0.25) is 0 Å². The van der Waals surface area contributed by atoms with Gasteiger partial charge in [0, 0.05) is 39.1 Å². The second-order valence-electron chi connectivity index (χ2n) is 10.1. The summed E-state index contributed by atoms with van der Waals surface area (Å²) < 4.78 is 0.